The lowest BCUT2D eigenvalue weighted by molar-refractivity contribution is -0.127. The molecule has 0 atom stereocenters. The van der Waals surface area contributed by atoms with Crippen LogP contribution in [0.3, 0.4) is 0 Å². The van der Waals surface area contributed by atoms with Crippen molar-refractivity contribution < 1.29 is 19.1 Å². The van der Waals surface area contributed by atoms with Crippen LogP contribution in [0.4, 0.5) is 10.5 Å². The molecule has 47 heavy (non-hydrogen) atoms. The summed E-state index contributed by atoms with van der Waals surface area (Å²) < 4.78 is 5.80. The summed E-state index contributed by atoms with van der Waals surface area (Å²) in [5.41, 5.74) is 4.48. The Hall–Kier alpha value is -4.21. The van der Waals surface area contributed by atoms with Crippen molar-refractivity contribution in [1.29, 1.82) is 0 Å². The van der Waals surface area contributed by atoms with E-state index in [1.807, 2.05) is 105 Å². The van der Waals surface area contributed by atoms with E-state index in [0.29, 0.717) is 13.1 Å². The van der Waals surface area contributed by atoms with Crippen LogP contribution in [0.15, 0.2) is 78.9 Å². The summed E-state index contributed by atoms with van der Waals surface area (Å²) in [7, 11) is 1.87. The summed E-state index contributed by atoms with van der Waals surface area (Å²) in [6, 6.07) is 25.8. The molecule has 0 saturated carbocycles. The van der Waals surface area contributed by atoms with Gasteiger partial charge in [0.05, 0.1) is 5.69 Å². The van der Waals surface area contributed by atoms with Gasteiger partial charge in [-0.15, -0.1) is 0 Å². The summed E-state index contributed by atoms with van der Waals surface area (Å²) in [6.07, 6.45) is 2.61. The van der Waals surface area contributed by atoms with Crippen molar-refractivity contribution in [3.8, 4) is 11.1 Å². The van der Waals surface area contributed by atoms with E-state index < -0.39 is 6.09 Å². The number of carbonyl (C=O) groups excluding carboxylic acids is 3. The zero-order valence-electron chi connectivity index (χ0n) is 28.0. The molecule has 9 nitrogen and oxygen atoms in total. The highest BCUT2D eigenvalue weighted by Crippen LogP contribution is 2.28. The molecule has 3 aromatic rings. The minimum Gasteiger partial charge on any atom is -0.446 e. The SMILES string of the molecule is CC(C)NC(=O)C1CCN(Cc2ccccc2C(=O)N(C)CCN2CCC(OC(=O)Nc3ccccc3-c3ccccc3)CC2)CC1. The molecule has 9 heteroatoms. The third kappa shape index (κ3) is 9.65. The minimum atomic E-state index is -0.433. The van der Waals surface area contributed by atoms with Gasteiger partial charge in [-0.25, -0.2) is 4.79 Å². The molecule has 3 aromatic carbocycles. The number of likely N-dealkylation sites (N-methyl/N-ethyl adjacent to an activating group) is 1. The summed E-state index contributed by atoms with van der Waals surface area (Å²) in [6.45, 7) is 9.37. The van der Waals surface area contributed by atoms with Crippen molar-refractivity contribution in [2.24, 2.45) is 5.92 Å². The van der Waals surface area contributed by atoms with Crippen molar-refractivity contribution >= 4 is 23.6 Å². The lowest BCUT2D eigenvalue weighted by Crippen LogP contribution is -2.43. The Morgan fingerprint density at radius 3 is 2.19 bits per heavy atom. The first-order valence-corrected chi connectivity index (χ1v) is 17.0. The van der Waals surface area contributed by atoms with Crippen molar-refractivity contribution in [3.63, 3.8) is 0 Å². The van der Waals surface area contributed by atoms with E-state index in [4.69, 9.17) is 4.74 Å². The molecule has 2 heterocycles. The number of piperidine rings is 2. The van der Waals surface area contributed by atoms with E-state index >= 15 is 0 Å². The highest BCUT2D eigenvalue weighted by Gasteiger charge is 2.27. The van der Waals surface area contributed by atoms with Gasteiger partial charge in [-0.05, 0) is 75.9 Å². The van der Waals surface area contributed by atoms with Gasteiger partial charge in [0.25, 0.3) is 5.91 Å². The van der Waals surface area contributed by atoms with Gasteiger partial charge in [0.2, 0.25) is 5.91 Å². The molecule has 2 aliphatic heterocycles. The number of hydrogen-bond donors (Lipinski definition) is 2. The van der Waals surface area contributed by atoms with Crippen LogP contribution >= 0.6 is 0 Å². The van der Waals surface area contributed by atoms with Gasteiger partial charge in [-0.3, -0.25) is 19.8 Å². The Bertz CT molecular complexity index is 1480. The second kappa shape index (κ2) is 16.6. The van der Waals surface area contributed by atoms with E-state index in [1.165, 1.54) is 0 Å². The number of para-hydroxylation sites is 1. The number of rotatable bonds is 11. The van der Waals surface area contributed by atoms with Crippen molar-refractivity contribution in [3.05, 3.63) is 90.0 Å². The number of carbonyl (C=O) groups is 3. The first-order chi connectivity index (χ1) is 22.8. The standard InChI is InChI=1S/C38H49N5O4/c1-28(2)39-36(44)30-17-21-43(22-18-30)27-31-13-7-8-15-34(31)37(45)41(3)25-26-42-23-19-32(20-24-42)47-38(46)40-35-16-10-9-14-33(35)29-11-5-4-6-12-29/h4-16,28,30,32H,17-27H2,1-3H3,(H,39,44)(H,40,46). The molecule has 2 aliphatic rings. The summed E-state index contributed by atoms with van der Waals surface area (Å²) in [5.74, 6) is 0.241. The highest BCUT2D eigenvalue weighted by atomic mass is 16.6. The van der Waals surface area contributed by atoms with E-state index in [-0.39, 0.29) is 29.9 Å². The fourth-order valence-corrected chi connectivity index (χ4v) is 6.47. The van der Waals surface area contributed by atoms with E-state index in [0.717, 1.165) is 86.3 Å². The van der Waals surface area contributed by atoms with Gasteiger partial charge < -0.3 is 19.9 Å². The summed E-state index contributed by atoms with van der Waals surface area (Å²) >= 11 is 0. The van der Waals surface area contributed by atoms with Gasteiger partial charge in [0.15, 0.2) is 0 Å². The Morgan fingerprint density at radius 2 is 1.47 bits per heavy atom. The largest absolute Gasteiger partial charge is 0.446 e. The lowest BCUT2D eigenvalue weighted by Gasteiger charge is -2.33. The molecule has 2 fully saturated rings. The smallest absolute Gasteiger partial charge is 0.411 e. The predicted octanol–water partition coefficient (Wildman–Crippen LogP) is 5.88. The van der Waals surface area contributed by atoms with Crippen LogP contribution in [-0.4, -0.2) is 91.1 Å². The Morgan fingerprint density at radius 1 is 0.830 bits per heavy atom. The molecule has 0 unspecified atom stereocenters. The third-order valence-corrected chi connectivity index (χ3v) is 9.19. The van der Waals surface area contributed by atoms with E-state index in [2.05, 4.69) is 20.4 Å². The average molecular weight is 640 g/mol. The maximum Gasteiger partial charge on any atom is 0.411 e. The number of hydrogen-bond acceptors (Lipinski definition) is 6. The normalized spacial score (nSPS) is 16.5. The molecule has 2 N–H and O–H groups in total. The molecular formula is C38H49N5O4. The summed E-state index contributed by atoms with van der Waals surface area (Å²) in [5, 5.41) is 5.98. The zero-order chi connectivity index (χ0) is 33.2. The van der Waals surface area contributed by atoms with Crippen LogP contribution in [0.25, 0.3) is 11.1 Å². The lowest BCUT2D eigenvalue weighted by atomic mass is 9.95. The fraction of sp³-hybridized carbons (Fsp3) is 0.447. The first kappa shape index (κ1) is 34.1. The monoisotopic (exact) mass is 639 g/mol. The van der Waals surface area contributed by atoms with Gasteiger partial charge >= 0.3 is 6.09 Å². The van der Waals surface area contributed by atoms with Gasteiger partial charge in [0, 0.05) is 62.9 Å². The molecular weight excluding hydrogens is 590 g/mol. The van der Waals surface area contributed by atoms with Crippen molar-refractivity contribution in [2.45, 2.75) is 58.2 Å². The van der Waals surface area contributed by atoms with Crippen LogP contribution in [0.1, 0.15) is 55.5 Å². The van der Waals surface area contributed by atoms with Crippen LogP contribution in [0.2, 0.25) is 0 Å². The second-order valence-electron chi connectivity index (χ2n) is 13.1. The third-order valence-electron chi connectivity index (χ3n) is 9.19. The van der Waals surface area contributed by atoms with Crippen LogP contribution in [0.5, 0.6) is 0 Å². The van der Waals surface area contributed by atoms with Gasteiger partial charge in [-0.1, -0.05) is 66.7 Å². The van der Waals surface area contributed by atoms with E-state index in [9.17, 15) is 14.4 Å². The maximum atomic E-state index is 13.5. The van der Waals surface area contributed by atoms with Crippen LogP contribution in [0, 0.1) is 5.92 Å². The Balaban J connectivity index is 1.05. The maximum absolute atomic E-state index is 13.5. The van der Waals surface area contributed by atoms with E-state index in [1.54, 1.807) is 0 Å². The Kier molecular flexibility index (Phi) is 12.0. The van der Waals surface area contributed by atoms with Crippen molar-refractivity contribution in [2.75, 3.05) is 51.6 Å². The van der Waals surface area contributed by atoms with Crippen molar-refractivity contribution in [1.82, 2.24) is 20.0 Å². The molecule has 5 rings (SSSR count). The van der Waals surface area contributed by atoms with Gasteiger partial charge in [-0.2, -0.15) is 0 Å². The zero-order valence-corrected chi connectivity index (χ0v) is 28.0. The average Bonchev–Trinajstić information content (AvgIpc) is 3.08. The first-order valence-electron chi connectivity index (χ1n) is 17.0. The molecule has 0 radical (unpaired) electrons. The fourth-order valence-electron chi connectivity index (χ4n) is 6.47. The molecule has 0 aliphatic carbocycles. The number of nitrogens with zero attached hydrogens (tertiary/aromatic N) is 3. The second-order valence-corrected chi connectivity index (χ2v) is 13.1. The van der Waals surface area contributed by atoms with Crippen LogP contribution in [-0.2, 0) is 16.1 Å². The Labute approximate surface area is 279 Å². The number of likely N-dealkylation sites (tertiary alicyclic amines) is 2. The number of ether oxygens (including phenoxy) is 1. The summed E-state index contributed by atoms with van der Waals surface area (Å²) in [4.78, 5) is 45.2. The quantitative estimate of drug-likeness (QED) is 0.273. The molecule has 250 valence electrons. The topological polar surface area (TPSA) is 94.2 Å². The van der Waals surface area contributed by atoms with Gasteiger partial charge in [0.1, 0.15) is 6.10 Å². The molecule has 3 amide bonds. The number of benzene rings is 3. The molecule has 0 spiro atoms. The number of amides is 3. The number of nitrogens with one attached hydrogen (secondary N) is 2. The van der Waals surface area contributed by atoms with Crippen LogP contribution < -0.4 is 10.6 Å². The minimum absolute atomic E-state index is 0.0254. The number of anilines is 1. The predicted molar refractivity (Wildman–Crippen MR) is 186 cm³/mol. The molecule has 2 saturated heterocycles. The molecule has 0 aromatic heterocycles. The molecule has 0 bridgehead atoms. The highest BCUT2D eigenvalue weighted by molar-refractivity contribution is 5.95.